The highest BCUT2D eigenvalue weighted by Crippen LogP contribution is 2.17. The average Bonchev–Trinajstić information content (AvgIpc) is 2.31. The topological polar surface area (TPSA) is 26.0 Å². The smallest absolute Gasteiger partial charge is 0.00489 e. The lowest BCUT2D eigenvalue weighted by Crippen LogP contribution is -2.14. The summed E-state index contributed by atoms with van der Waals surface area (Å²) in [7, 11) is 0. The van der Waals surface area contributed by atoms with Crippen LogP contribution in [-0.2, 0) is 0 Å². The van der Waals surface area contributed by atoms with Crippen molar-refractivity contribution >= 4 is 0 Å². The third kappa shape index (κ3) is 10.5. The van der Waals surface area contributed by atoms with E-state index in [-0.39, 0.29) is 0 Å². The van der Waals surface area contributed by atoms with Gasteiger partial charge in [0.15, 0.2) is 0 Å². The fraction of sp³-hybridized carbons (Fsp3) is 1.00. The molecule has 0 fully saturated rings. The molecule has 0 aliphatic rings. The normalized spacial score (nSPS) is 12.9. The molecule has 1 atom stereocenters. The fourth-order valence-corrected chi connectivity index (χ4v) is 2.28. The molecule has 0 amide bonds. The van der Waals surface area contributed by atoms with Gasteiger partial charge < -0.3 is 5.73 Å². The molecule has 0 bridgehead atoms. The Labute approximate surface area is 103 Å². The summed E-state index contributed by atoms with van der Waals surface area (Å²) in [5.41, 5.74) is 5.83. The van der Waals surface area contributed by atoms with Crippen molar-refractivity contribution in [2.75, 3.05) is 6.54 Å². The van der Waals surface area contributed by atoms with Crippen LogP contribution < -0.4 is 5.73 Å². The Morgan fingerprint density at radius 1 is 0.688 bits per heavy atom. The van der Waals surface area contributed by atoms with Gasteiger partial charge in [-0.2, -0.15) is 0 Å². The summed E-state index contributed by atoms with van der Waals surface area (Å²) >= 11 is 0. The van der Waals surface area contributed by atoms with Crippen LogP contribution in [0.4, 0.5) is 0 Å². The van der Waals surface area contributed by atoms with Crippen molar-refractivity contribution in [1.29, 1.82) is 0 Å². The molecule has 16 heavy (non-hydrogen) atoms. The van der Waals surface area contributed by atoms with Gasteiger partial charge in [-0.1, -0.05) is 71.6 Å². The van der Waals surface area contributed by atoms with Crippen molar-refractivity contribution in [2.45, 2.75) is 84.5 Å². The maximum Gasteiger partial charge on any atom is -0.00489 e. The van der Waals surface area contributed by atoms with Gasteiger partial charge in [-0.05, 0) is 25.3 Å². The van der Waals surface area contributed by atoms with E-state index in [1.54, 1.807) is 0 Å². The molecule has 0 saturated heterocycles. The molecule has 98 valence electrons. The molecule has 0 aromatic rings. The molecule has 0 rings (SSSR count). The average molecular weight is 227 g/mol. The summed E-state index contributed by atoms with van der Waals surface area (Å²) in [6.45, 7) is 5.45. The van der Waals surface area contributed by atoms with Crippen LogP contribution in [0.15, 0.2) is 0 Å². The first-order valence-corrected chi connectivity index (χ1v) is 7.55. The molecule has 0 heterocycles. The van der Waals surface area contributed by atoms with E-state index in [0.29, 0.717) is 0 Å². The minimum absolute atomic E-state index is 0.804. The Balaban J connectivity index is 3.29. The molecule has 0 aromatic carbocycles. The first-order valence-electron chi connectivity index (χ1n) is 7.55. The van der Waals surface area contributed by atoms with Gasteiger partial charge in [0.25, 0.3) is 0 Å². The Morgan fingerprint density at radius 2 is 1.12 bits per heavy atom. The number of hydrogen-bond acceptors (Lipinski definition) is 1. The van der Waals surface area contributed by atoms with E-state index in [1.807, 2.05) is 0 Å². The third-order valence-corrected chi connectivity index (χ3v) is 3.52. The summed E-state index contributed by atoms with van der Waals surface area (Å²) in [6.07, 6.45) is 15.3. The Bertz CT molecular complexity index is 123. The van der Waals surface area contributed by atoms with E-state index in [1.165, 1.54) is 70.6 Å². The van der Waals surface area contributed by atoms with Crippen molar-refractivity contribution in [3.8, 4) is 0 Å². The summed E-state index contributed by atoms with van der Waals surface area (Å²) in [4.78, 5) is 0. The molecule has 0 saturated carbocycles. The van der Waals surface area contributed by atoms with Crippen molar-refractivity contribution in [2.24, 2.45) is 11.7 Å². The van der Waals surface area contributed by atoms with Gasteiger partial charge in [0, 0.05) is 0 Å². The molecule has 1 heteroatoms. The van der Waals surface area contributed by atoms with Crippen LogP contribution in [0.1, 0.15) is 84.5 Å². The third-order valence-electron chi connectivity index (χ3n) is 3.52. The minimum Gasteiger partial charge on any atom is -0.330 e. The standard InChI is InChI=1S/C15H33N/c1-3-5-7-9-11-13-15(14-16)12-10-8-6-4-2/h15H,3-14,16H2,1-2H3. The monoisotopic (exact) mass is 227 g/mol. The summed E-state index contributed by atoms with van der Waals surface area (Å²) in [5.74, 6) is 0.804. The number of unbranched alkanes of at least 4 members (excludes halogenated alkanes) is 7. The summed E-state index contributed by atoms with van der Waals surface area (Å²) in [6, 6.07) is 0. The van der Waals surface area contributed by atoms with Crippen molar-refractivity contribution < 1.29 is 0 Å². The van der Waals surface area contributed by atoms with Crippen LogP contribution in [0, 0.1) is 5.92 Å². The lowest BCUT2D eigenvalue weighted by atomic mass is 9.94. The van der Waals surface area contributed by atoms with E-state index >= 15 is 0 Å². The van der Waals surface area contributed by atoms with Crippen LogP contribution in [0.3, 0.4) is 0 Å². The molecular weight excluding hydrogens is 194 g/mol. The van der Waals surface area contributed by atoms with Crippen LogP contribution in [0.5, 0.6) is 0 Å². The number of rotatable bonds is 12. The first-order chi connectivity index (χ1) is 7.85. The quantitative estimate of drug-likeness (QED) is 0.472. The zero-order chi connectivity index (χ0) is 12.1. The van der Waals surface area contributed by atoms with Gasteiger partial charge in [-0.15, -0.1) is 0 Å². The van der Waals surface area contributed by atoms with Gasteiger partial charge in [-0.3, -0.25) is 0 Å². The molecule has 1 nitrogen and oxygen atoms in total. The molecular formula is C15H33N. The zero-order valence-corrected chi connectivity index (χ0v) is 11.6. The van der Waals surface area contributed by atoms with E-state index < -0.39 is 0 Å². The molecule has 1 unspecified atom stereocenters. The molecule has 0 aliphatic heterocycles. The van der Waals surface area contributed by atoms with E-state index in [2.05, 4.69) is 13.8 Å². The lowest BCUT2D eigenvalue weighted by Gasteiger charge is -2.14. The zero-order valence-electron chi connectivity index (χ0n) is 11.6. The first kappa shape index (κ1) is 16.0. The second kappa shape index (κ2) is 13.0. The molecule has 0 spiro atoms. The van der Waals surface area contributed by atoms with Crippen LogP contribution in [0.2, 0.25) is 0 Å². The van der Waals surface area contributed by atoms with E-state index in [4.69, 9.17) is 5.73 Å². The minimum atomic E-state index is 0.804. The van der Waals surface area contributed by atoms with Gasteiger partial charge in [-0.25, -0.2) is 0 Å². The maximum absolute atomic E-state index is 5.83. The van der Waals surface area contributed by atoms with Gasteiger partial charge in [0.2, 0.25) is 0 Å². The van der Waals surface area contributed by atoms with Crippen LogP contribution in [0.25, 0.3) is 0 Å². The van der Waals surface area contributed by atoms with Gasteiger partial charge in [0.05, 0.1) is 0 Å². The number of nitrogens with two attached hydrogens (primary N) is 1. The van der Waals surface area contributed by atoms with Crippen LogP contribution >= 0.6 is 0 Å². The summed E-state index contributed by atoms with van der Waals surface area (Å²) in [5, 5.41) is 0. The van der Waals surface area contributed by atoms with E-state index in [9.17, 15) is 0 Å². The van der Waals surface area contributed by atoms with Crippen molar-refractivity contribution in [1.82, 2.24) is 0 Å². The van der Waals surface area contributed by atoms with Gasteiger partial charge >= 0.3 is 0 Å². The summed E-state index contributed by atoms with van der Waals surface area (Å²) < 4.78 is 0. The lowest BCUT2D eigenvalue weighted by molar-refractivity contribution is 0.413. The number of hydrogen-bond donors (Lipinski definition) is 1. The molecule has 0 radical (unpaired) electrons. The van der Waals surface area contributed by atoms with Crippen molar-refractivity contribution in [3.63, 3.8) is 0 Å². The molecule has 2 N–H and O–H groups in total. The highest BCUT2D eigenvalue weighted by Gasteiger charge is 2.05. The SMILES string of the molecule is CCCCCCCC(CN)CCCCCC. The second-order valence-corrected chi connectivity index (χ2v) is 5.15. The molecule has 0 aromatic heterocycles. The Kier molecular flexibility index (Phi) is 13.0. The highest BCUT2D eigenvalue weighted by atomic mass is 14.5. The Hall–Kier alpha value is -0.0400. The van der Waals surface area contributed by atoms with Gasteiger partial charge in [0.1, 0.15) is 0 Å². The second-order valence-electron chi connectivity index (χ2n) is 5.15. The maximum atomic E-state index is 5.83. The Morgan fingerprint density at radius 3 is 1.56 bits per heavy atom. The largest absolute Gasteiger partial charge is 0.330 e. The molecule has 0 aliphatic carbocycles. The van der Waals surface area contributed by atoms with Crippen LogP contribution in [-0.4, -0.2) is 6.54 Å². The highest BCUT2D eigenvalue weighted by molar-refractivity contribution is 4.61. The fourth-order valence-electron chi connectivity index (χ4n) is 2.28. The van der Waals surface area contributed by atoms with E-state index in [0.717, 1.165) is 12.5 Å². The predicted octanol–water partition coefficient (Wildman–Crippen LogP) is 4.89. The van der Waals surface area contributed by atoms with Crippen molar-refractivity contribution in [3.05, 3.63) is 0 Å². The predicted molar refractivity (Wildman–Crippen MR) is 74.7 cm³/mol.